The molecule has 1 aliphatic carbocycles. The molecular weight excluding hydrogens is 430 g/mol. The third-order valence-electron chi connectivity index (χ3n) is 5.68. The highest BCUT2D eigenvalue weighted by molar-refractivity contribution is 7.91. The van der Waals surface area contributed by atoms with E-state index in [1.54, 1.807) is 29.1 Å². The monoisotopic (exact) mass is 449 g/mol. The average molecular weight is 449 g/mol. The molecule has 9 nitrogen and oxygen atoms in total. The molecule has 0 spiro atoms. The van der Waals surface area contributed by atoms with E-state index in [0.717, 1.165) is 11.1 Å². The number of benzene rings is 1. The summed E-state index contributed by atoms with van der Waals surface area (Å²) in [5, 5.41) is 14.8. The second kappa shape index (κ2) is 7.79. The van der Waals surface area contributed by atoms with E-state index >= 15 is 0 Å². The molecule has 1 aromatic heterocycles. The second-order valence-electron chi connectivity index (χ2n) is 7.86. The standard InChI is InChI=1S/C22H19N5O4S/c28-21(15-11-23-27(12-15)17-9-10-32(30,31)13-17)24-16-7-5-14(6-8-16)20-18-3-1-2-4-19(18)22(29)26-25-20/h1-8,11-12,17,19H,9-10,13H2,(H,24,28). The Balaban J connectivity index is 1.30. The predicted octanol–water partition coefficient (Wildman–Crippen LogP) is 2.94. The van der Waals surface area contributed by atoms with E-state index in [-0.39, 0.29) is 29.4 Å². The van der Waals surface area contributed by atoms with Gasteiger partial charge in [0.2, 0.25) is 0 Å². The molecule has 2 atom stereocenters. The van der Waals surface area contributed by atoms with Gasteiger partial charge in [0.05, 0.1) is 40.9 Å². The summed E-state index contributed by atoms with van der Waals surface area (Å²) < 4.78 is 24.9. The minimum atomic E-state index is -3.03. The Hall–Kier alpha value is -3.66. The molecule has 1 aromatic carbocycles. The molecule has 0 radical (unpaired) electrons. The number of azo groups is 1. The van der Waals surface area contributed by atoms with Crippen molar-refractivity contribution in [2.75, 3.05) is 16.8 Å². The van der Waals surface area contributed by atoms with Crippen molar-refractivity contribution in [2.45, 2.75) is 12.5 Å². The first-order valence-corrected chi connectivity index (χ1v) is 11.9. The summed E-state index contributed by atoms with van der Waals surface area (Å²) in [7, 11) is -3.03. The van der Waals surface area contributed by atoms with Gasteiger partial charge in [0.25, 0.3) is 11.8 Å². The number of hydrogen-bond donors (Lipinski definition) is 1. The maximum absolute atomic E-state index is 12.6. The van der Waals surface area contributed by atoms with E-state index in [1.165, 1.54) is 6.20 Å². The molecule has 0 bridgehead atoms. The van der Waals surface area contributed by atoms with E-state index in [2.05, 4.69) is 20.6 Å². The first-order valence-electron chi connectivity index (χ1n) is 10.1. The lowest BCUT2D eigenvalue weighted by molar-refractivity contribution is -0.119. The molecule has 2 unspecified atom stereocenters. The molecule has 0 saturated carbocycles. The van der Waals surface area contributed by atoms with Gasteiger partial charge in [-0.15, -0.1) is 10.2 Å². The number of anilines is 1. The van der Waals surface area contributed by atoms with Crippen LogP contribution in [0.3, 0.4) is 0 Å². The molecule has 2 aliphatic heterocycles. The van der Waals surface area contributed by atoms with Gasteiger partial charge in [0, 0.05) is 17.4 Å². The van der Waals surface area contributed by atoms with Crippen LogP contribution in [0.2, 0.25) is 0 Å². The smallest absolute Gasteiger partial charge is 0.276 e. The number of carbonyl (C=O) groups excluding carboxylic acids is 2. The number of amides is 2. The zero-order chi connectivity index (χ0) is 22.3. The summed E-state index contributed by atoms with van der Waals surface area (Å²) in [6.45, 7) is 0. The van der Waals surface area contributed by atoms with E-state index in [4.69, 9.17) is 0 Å². The molecule has 10 heteroatoms. The van der Waals surface area contributed by atoms with Crippen LogP contribution in [0.25, 0.3) is 5.70 Å². The lowest BCUT2D eigenvalue weighted by Gasteiger charge is -2.19. The van der Waals surface area contributed by atoms with Gasteiger partial charge in [-0.2, -0.15) is 5.10 Å². The van der Waals surface area contributed by atoms with Crippen molar-refractivity contribution in [3.05, 3.63) is 77.7 Å². The fraction of sp³-hybridized carbons (Fsp3) is 0.227. The topological polar surface area (TPSA) is 123 Å². The minimum Gasteiger partial charge on any atom is -0.322 e. The van der Waals surface area contributed by atoms with Gasteiger partial charge >= 0.3 is 0 Å². The molecule has 3 aliphatic rings. The van der Waals surface area contributed by atoms with E-state index in [9.17, 15) is 18.0 Å². The van der Waals surface area contributed by atoms with Gasteiger partial charge in [-0.05, 0) is 24.1 Å². The Morgan fingerprint density at radius 2 is 1.94 bits per heavy atom. The number of rotatable bonds is 4. The summed E-state index contributed by atoms with van der Waals surface area (Å²) in [5.74, 6) is -0.856. The Kier molecular flexibility index (Phi) is 4.93. The Morgan fingerprint density at radius 3 is 2.69 bits per heavy atom. The van der Waals surface area contributed by atoms with Crippen LogP contribution in [0.15, 0.2) is 76.8 Å². The minimum absolute atomic E-state index is 0.0454. The van der Waals surface area contributed by atoms with Crippen LogP contribution < -0.4 is 5.32 Å². The van der Waals surface area contributed by atoms with Crippen LogP contribution in [0, 0.1) is 5.92 Å². The largest absolute Gasteiger partial charge is 0.322 e. The zero-order valence-electron chi connectivity index (χ0n) is 16.9. The van der Waals surface area contributed by atoms with E-state index < -0.39 is 15.8 Å². The summed E-state index contributed by atoms with van der Waals surface area (Å²) in [6, 6.07) is 6.88. The van der Waals surface area contributed by atoms with Crippen LogP contribution in [0.4, 0.5) is 5.69 Å². The summed E-state index contributed by atoms with van der Waals surface area (Å²) in [4.78, 5) is 24.6. The second-order valence-corrected chi connectivity index (χ2v) is 10.1. The first kappa shape index (κ1) is 20.3. The molecule has 32 heavy (non-hydrogen) atoms. The van der Waals surface area contributed by atoms with Crippen molar-refractivity contribution in [3.8, 4) is 0 Å². The van der Waals surface area contributed by atoms with Crippen LogP contribution in [-0.2, 0) is 14.6 Å². The van der Waals surface area contributed by atoms with E-state index in [0.29, 0.717) is 23.4 Å². The first-order chi connectivity index (χ1) is 15.4. The molecular formula is C22H19N5O4S. The summed E-state index contributed by atoms with van der Waals surface area (Å²) >= 11 is 0. The quantitative estimate of drug-likeness (QED) is 0.769. The fourth-order valence-electron chi connectivity index (χ4n) is 3.98. The number of allylic oxidation sites excluding steroid dienone is 3. The van der Waals surface area contributed by atoms with Gasteiger partial charge in [-0.3, -0.25) is 14.3 Å². The van der Waals surface area contributed by atoms with Crippen molar-refractivity contribution in [1.82, 2.24) is 9.78 Å². The molecule has 1 saturated heterocycles. The number of nitrogens with one attached hydrogen (secondary N) is 1. The molecule has 5 rings (SSSR count). The van der Waals surface area contributed by atoms with Crippen molar-refractivity contribution in [3.63, 3.8) is 0 Å². The highest BCUT2D eigenvalue weighted by Crippen LogP contribution is 2.34. The number of hydrogen-bond acceptors (Lipinski definition) is 6. The van der Waals surface area contributed by atoms with Gasteiger partial charge in [0.1, 0.15) is 0 Å². The highest BCUT2D eigenvalue weighted by Gasteiger charge is 2.30. The van der Waals surface area contributed by atoms with Crippen LogP contribution in [0.1, 0.15) is 28.4 Å². The molecule has 3 heterocycles. The van der Waals surface area contributed by atoms with Crippen LogP contribution >= 0.6 is 0 Å². The summed E-state index contributed by atoms with van der Waals surface area (Å²) in [5.41, 5.74) is 3.14. The fourth-order valence-corrected chi connectivity index (χ4v) is 5.68. The third kappa shape index (κ3) is 3.84. The van der Waals surface area contributed by atoms with Gasteiger partial charge in [-0.1, -0.05) is 36.4 Å². The number of nitrogens with zero attached hydrogens (tertiary/aromatic N) is 4. The molecule has 2 aromatic rings. The van der Waals surface area contributed by atoms with Crippen LogP contribution in [-0.4, -0.2) is 41.5 Å². The van der Waals surface area contributed by atoms with Gasteiger partial charge in [-0.25, -0.2) is 8.42 Å². The number of aromatic nitrogens is 2. The normalized spacial score (nSPS) is 23.4. The Labute approximate surface area is 184 Å². The maximum atomic E-state index is 12.6. The van der Waals surface area contributed by atoms with E-state index in [1.807, 2.05) is 30.4 Å². The molecule has 1 N–H and O–H groups in total. The van der Waals surface area contributed by atoms with Crippen molar-refractivity contribution in [2.24, 2.45) is 16.1 Å². The Morgan fingerprint density at radius 1 is 1.12 bits per heavy atom. The average Bonchev–Trinajstić information content (AvgIpc) is 3.42. The third-order valence-corrected chi connectivity index (χ3v) is 7.43. The van der Waals surface area contributed by atoms with Crippen molar-refractivity contribution < 1.29 is 18.0 Å². The molecule has 162 valence electrons. The highest BCUT2D eigenvalue weighted by atomic mass is 32.2. The predicted molar refractivity (Wildman–Crippen MR) is 117 cm³/mol. The van der Waals surface area contributed by atoms with Gasteiger partial charge in [0.15, 0.2) is 9.84 Å². The summed E-state index contributed by atoms with van der Waals surface area (Å²) in [6.07, 6.45) is 10.8. The Bertz CT molecular complexity index is 1330. The molecule has 1 fully saturated rings. The van der Waals surface area contributed by atoms with Crippen molar-refractivity contribution in [1.29, 1.82) is 0 Å². The SMILES string of the molecule is O=C(Nc1ccc(C2=C3C=CC=CC3C(=O)N=N2)cc1)c1cnn(C2CCS(=O)(=O)C2)c1. The zero-order valence-corrected chi connectivity index (χ0v) is 17.7. The molecule has 2 amide bonds. The van der Waals surface area contributed by atoms with Gasteiger partial charge < -0.3 is 5.32 Å². The number of sulfone groups is 1. The number of carbonyl (C=O) groups is 2. The van der Waals surface area contributed by atoms with Crippen LogP contribution in [0.5, 0.6) is 0 Å². The maximum Gasteiger partial charge on any atom is 0.276 e. The van der Waals surface area contributed by atoms with Crippen molar-refractivity contribution >= 4 is 33.0 Å². The lowest BCUT2D eigenvalue weighted by Crippen LogP contribution is -2.17. The number of fused-ring (bicyclic) bond motifs is 1. The lowest BCUT2D eigenvalue weighted by atomic mass is 9.89.